The third kappa shape index (κ3) is 3.43. The van der Waals surface area contributed by atoms with Gasteiger partial charge in [-0.05, 0) is 30.4 Å². The molecular weight excluding hydrogens is 246 g/mol. The van der Waals surface area contributed by atoms with Crippen LogP contribution < -0.4 is 5.32 Å². The SMILES string of the molecule is O=[N+]([O-])O.c1ccc2c(c1)CCCC2C1=NCCN1. The maximum atomic E-state index is 8.36. The topological polar surface area (TPSA) is 87.8 Å². The summed E-state index contributed by atoms with van der Waals surface area (Å²) in [5.74, 6) is 1.76. The fraction of sp³-hybridized carbons (Fsp3) is 0.462. The maximum Gasteiger partial charge on any atom is 0.291 e. The molecule has 1 heterocycles. The first-order valence-corrected chi connectivity index (χ1v) is 6.38. The summed E-state index contributed by atoms with van der Waals surface area (Å²) in [7, 11) is 0. The van der Waals surface area contributed by atoms with E-state index in [1.165, 1.54) is 36.2 Å². The zero-order valence-electron chi connectivity index (χ0n) is 10.6. The Kier molecular flexibility index (Phi) is 4.33. The number of hydrogen-bond donors (Lipinski definition) is 2. The van der Waals surface area contributed by atoms with Crippen LogP contribution in [0.1, 0.15) is 29.9 Å². The average molecular weight is 263 g/mol. The first-order valence-electron chi connectivity index (χ1n) is 6.38. The zero-order valence-corrected chi connectivity index (χ0v) is 10.6. The minimum atomic E-state index is -1.50. The molecule has 1 aromatic rings. The lowest BCUT2D eigenvalue weighted by atomic mass is 9.82. The highest BCUT2D eigenvalue weighted by atomic mass is 16.9. The fourth-order valence-corrected chi connectivity index (χ4v) is 2.69. The number of aryl methyl sites for hydroxylation is 1. The van der Waals surface area contributed by atoms with E-state index in [0.29, 0.717) is 5.92 Å². The second-order valence-electron chi connectivity index (χ2n) is 4.58. The standard InChI is InChI=1S/C13H16N2.HNO3/c1-2-6-11-10(4-1)5-3-7-12(11)13-14-8-9-15-13;2-1(3)4/h1-2,4,6,12H,3,5,7-9H2,(H,14,15);(H,2,3,4). The van der Waals surface area contributed by atoms with Gasteiger partial charge in [-0.15, -0.1) is 10.1 Å². The van der Waals surface area contributed by atoms with E-state index in [2.05, 4.69) is 34.6 Å². The van der Waals surface area contributed by atoms with E-state index < -0.39 is 5.09 Å². The van der Waals surface area contributed by atoms with E-state index >= 15 is 0 Å². The highest BCUT2D eigenvalue weighted by Crippen LogP contribution is 2.32. The fourth-order valence-electron chi connectivity index (χ4n) is 2.69. The van der Waals surface area contributed by atoms with E-state index in [9.17, 15) is 0 Å². The highest BCUT2D eigenvalue weighted by Gasteiger charge is 2.25. The Balaban J connectivity index is 0.000000297. The summed E-state index contributed by atoms with van der Waals surface area (Å²) in [6, 6.07) is 8.82. The molecule has 1 atom stereocenters. The normalized spacial score (nSPS) is 20.4. The molecule has 0 saturated heterocycles. The van der Waals surface area contributed by atoms with Crippen LogP contribution in [0.15, 0.2) is 29.3 Å². The van der Waals surface area contributed by atoms with Gasteiger partial charge in [0, 0.05) is 12.5 Å². The number of amidine groups is 1. The Morgan fingerprint density at radius 2 is 2.16 bits per heavy atom. The zero-order chi connectivity index (χ0) is 13.7. The number of benzene rings is 1. The Labute approximate surface area is 111 Å². The van der Waals surface area contributed by atoms with Crippen molar-refractivity contribution in [2.45, 2.75) is 25.2 Å². The van der Waals surface area contributed by atoms with Gasteiger partial charge >= 0.3 is 0 Å². The largest absolute Gasteiger partial charge is 0.371 e. The number of fused-ring (bicyclic) bond motifs is 1. The van der Waals surface area contributed by atoms with Gasteiger partial charge in [0.1, 0.15) is 5.84 Å². The Bertz CT molecular complexity index is 484. The van der Waals surface area contributed by atoms with Crippen molar-refractivity contribution in [2.24, 2.45) is 4.99 Å². The quantitative estimate of drug-likeness (QED) is 0.597. The van der Waals surface area contributed by atoms with Crippen molar-refractivity contribution >= 4 is 5.84 Å². The molecule has 2 aliphatic rings. The molecule has 0 bridgehead atoms. The van der Waals surface area contributed by atoms with Crippen molar-refractivity contribution in [2.75, 3.05) is 13.1 Å². The third-order valence-electron chi connectivity index (χ3n) is 3.40. The van der Waals surface area contributed by atoms with Gasteiger partial charge in [0.05, 0.1) is 6.54 Å². The maximum absolute atomic E-state index is 8.36. The summed E-state index contributed by atoms with van der Waals surface area (Å²) in [5, 5.41) is 17.1. The summed E-state index contributed by atoms with van der Waals surface area (Å²) < 4.78 is 0. The minimum absolute atomic E-state index is 0.539. The van der Waals surface area contributed by atoms with Crippen LogP contribution in [0.4, 0.5) is 0 Å². The van der Waals surface area contributed by atoms with Crippen molar-refractivity contribution in [3.63, 3.8) is 0 Å². The first-order chi connectivity index (χ1) is 9.18. The number of rotatable bonds is 1. The van der Waals surface area contributed by atoms with Crippen LogP contribution in [0.25, 0.3) is 0 Å². The van der Waals surface area contributed by atoms with Gasteiger partial charge in [-0.2, -0.15) is 0 Å². The van der Waals surface area contributed by atoms with E-state index in [0.717, 1.165) is 13.1 Å². The van der Waals surface area contributed by atoms with Gasteiger partial charge in [-0.25, -0.2) is 0 Å². The lowest BCUT2D eigenvalue weighted by Crippen LogP contribution is -2.28. The van der Waals surface area contributed by atoms with Crippen molar-refractivity contribution in [1.82, 2.24) is 5.32 Å². The van der Waals surface area contributed by atoms with Crippen LogP contribution in [0.5, 0.6) is 0 Å². The molecule has 1 aromatic carbocycles. The van der Waals surface area contributed by atoms with E-state index in [1.54, 1.807) is 0 Å². The van der Waals surface area contributed by atoms with Crippen molar-refractivity contribution in [1.29, 1.82) is 0 Å². The van der Waals surface area contributed by atoms with Crippen LogP contribution >= 0.6 is 0 Å². The Hall–Kier alpha value is -2.11. The molecule has 3 rings (SSSR count). The molecule has 0 radical (unpaired) electrons. The van der Waals surface area contributed by atoms with Gasteiger partial charge in [0.25, 0.3) is 5.09 Å². The average Bonchev–Trinajstić information content (AvgIpc) is 2.91. The summed E-state index contributed by atoms with van der Waals surface area (Å²) in [6.45, 7) is 1.97. The second kappa shape index (κ2) is 6.17. The summed E-state index contributed by atoms with van der Waals surface area (Å²) in [5.41, 5.74) is 3.02. The van der Waals surface area contributed by atoms with Crippen molar-refractivity contribution in [3.05, 3.63) is 45.5 Å². The van der Waals surface area contributed by atoms with E-state index in [4.69, 9.17) is 15.3 Å². The molecule has 0 fully saturated rings. The van der Waals surface area contributed by atoms with Gasteiger partial charge in [-0.3, -0.25) is 4.99 Å². The smallest absolute Gasteiger partial charge is 0.291 e. The lowest BCUT2D eigenvalue weighted by Gasteiger charge is -2.25. The van der Waals surface area contributed by atoms with Gasteiger partial charge < -0.3 is 10.5 Å². The molecule has 2 N–H and O–H groups in total. The summed E-state index contributed by atoms with van der Waals surface area (Å²) in [4.78, 5) is 12.9. The molecule has 6 nitrogen and oxygen atoms in total. The van der Waals surface area contributed by atoms with Crippen LogP contribution in [-0.4, -0.2) is 29.2 Å². The molecule has 1 aliphatic heterocycles. The van der Waals surface area contributed by atoms with E-state index in [1.807, 2.05) is 0 Å². The molecule has 19 heavy (non-hydrogen) atoms. The van der Waals surface area contributed by atoms with Crippen molar-refractivity contribution < 1.29 is 10.3 Å². The van der Waals surface area contributed by atoms with E-state index in [-0.39, 0.29) is 0 Å². The van der Waals surface area contributed by atoms with Crippen LogP contribution in [-0.2, 0) is 6.42 Å². The molecule has 6 heteroatoms. The van der Waals surface area contributed by atoms with Crippen LogP contribution in [0, 0.1) is 10.1 Å². The van der Waals surface area contributed by atoms with Gasteiger partial charge in [-0.1, -0.05) is 24.3 Å². The molecule has 0 amide bonds. The predicted octanol–water partition coefficient (Wildman–Crippen LogP) is 1.76. The number of nitrogens with one attached hydrogen (secondary N) is 1. The molecule has 0 saturated carbocycles. The summed E-state index contributed by atoms with van der Waals surface area (Å²) >= 11 is 0. The monoisotopic (exact) mass is 263 g/mol. The van der Waals surface area contributed by atoms with Crippen LogP contribution in [0.2, 0.25) is 0 Å². The Morgan fingerprint density at radius 1 is 1.42 bits per heavy atom. The third-order valence-corrected chi connectivity index (χ3v) is 3.40. The molecule has 102 valence electrons. The first kappa shape index (κ1) is 13.3. The summed E-state index contributed by atoms with van der Waals surface area (Å²) in [6.07, 6.45) is 3.78. The number of aliphatic imine (C=N–C) groups is 1. The van der Waals surface area contributed by atoms with Gasteiger partial charge in [0.2, 0.25) is 0 Å². The molecule has 1 unspecified atom stereocenters. The molecule has 1 aliphatic carbocycles. The minimum Gasteiger partial charge on any atom is -0.371 e. The molecule has 0 aromatic heterocycles. The van der Waals surface area contributed by atoms with Gasteiger partial charge in [0.15, 0.2) is 0 Å². The predicted molar refractivity (Wildman–Crippen MR) is 71.2 cm³/mol. The second-order valence-corrected chi connectivity index (χ2v) is 4.58. The number of nitrogens with zero attached hydrogens (tertiary/aromatic N) is 2. The van der Waals surface area contributed by atoms with Crippen molar-refractivity contribution in [3.8, 4) is 0 Å². The van der Waals surface area contributed by atoms with Crippen LogP contribution in [0.3, 0.4) is 0 Å². The highest BCUT2D eigenvalue weighted by molar-refractivity contribution is 5.90. The Morgan fingerprint density at radius 3 is 2.84 bits per heavy atom. The number of hydrogen-bond acceptors (Lipinski definition) is 4. The molecule has 0 spiro atoms. The molecular formula is C13H17N3O3. The lowest BCUT2D eigenvalue weighted by molar-refractivity contribution is -0.742.